The van der Waals surface area contributed by atoms with Crippen molar-refractivity contribution < 1.29 is 52.7 Å². The molecule has 0 saturated carbocycles. The molecule has 30 heavy (non-hydrogen) atoms. The van der Waals surface area contributed by atoms with Crippen LogP contribution in [0.15, 0.2) is 44.6 Å². The Bertz CT molecular complexity index is 592. The maximum Gasteiger partial charge on any atom is 0 e. The zero-order chi connectivity index (χ0) is 23.8. The van der Waals surface area contributed by atoms with Gasteiger partial charge in [-0.25, -0.2) is 0 Å². The minimum absolute atomic E-state index is 0. The summed E-state index contributed by atoms with van der Waals surface area (Å²) in [5, 5.41) is 0. The number of rotatable bonds is 0. The molecule has 0 aromatic heterocycles. The Morgan fingerprint density at radius 3 is 0.433 bits per heavy atom. The Morgan fingerprint density at radius 2 is 0.400 bits per heavy atom. The van der Waals surface area contributed by atoms with Crippen LogP contribution in [0.4, 0.5) is 0 Å². The number of hydrogen-bond acceptors (Lipinski definition) is 0. The van der Waals surface area contributed by atoms with Gasteiger partial charge in [0.05, 0.1) is 0 Å². The molecule has 6 heteroatoms. The summed E-state index contributed by atoms with van der Waals surface area (Å²) < 4.78 is 30.0. The average Bonchev–Trinajstić information content (AvgIpc) is 3.04. The summed E-state index contributed by atoms with van der Waals surface area (Å²) in [6.07, 6.45) is 0. The van der Waals surface area contributed by atoms with Gasteiger partial charge in [-0.3, -0.25) is 0 Å². The first kappa shape index (κ1) is 42.9. The fourth-order valence-electron chi connectivity index (χ4n) is 2.81. The molecule has 0 aromatic carbocycles. The van der Waals surface area contributed by atoms with E-state index in [-0.39, 0.29) is 34.1 Å². The third-order valence-corrected chi connectivity index (χ3v) is 5.62. The van der Waals surface area contributed by atoms with Gasteiger partial charge in [-0.2, -0.15) is 0 Å². The van der Waals surface area contributed by atoms with Gasteiger partial charge in [0.25, 0.3) is 0 Å². The Balaban J connectivity index is -0.0000000686. The van der Waals surface area contributed by atoms with Crippen molar-refractivity contribution in [2.24, 2.45) is 0 Å². The van der Waals surface area contributed by atoms with Crippen LogP contribution in [-0.4, -0.2) is 0 Å². The van der Waals surface area contributed by atoms with Crippen LogP contribution >= 0.6 is 0 Å². The maximum atomic E-state index is 7.50. The van der Waals surface area contributed by atoms with E-state index in [1.54, 1.807) is 0 Å². The van der Waals surface area contributed by atoms with Crippen LogP contribution in [0, 0.1) is 38.4 Å². The maximum absolute atomic E-state index is 7.50. The quantitative estimate of drug-likeness (QED) is 0.213. The summed E-state index contributed by atoms with van der Waals surface area (Å²) in [6.45, 7) is 40.0. The summed E-state index contributed by atoms with van der Waals surface area (Å²) in [5.74, 6) is 2.94. The van der Waals surface area contributed by atoms with Gasteiger partial charge in [0.15, 0.2) is 0 Å². The monoisotopic (exact) mass is 494 g/mol. The van der Waals surface area contributed by atoms with Crippen molar-refractivity contribution in [2.45, 2.75) is 69.2 Å². The van der Waals surface area contributed by atoms with E-state index < -0.39 is 0 Å². The number of allylic oxidation sites excluding steroid dienone is 8. The molecule has 4 nitrogen and oxygen atoms in total. The van der Waals surface area contributed by atoms with Crippen molar-refractivity contribution in [2.75, 3.05) is 0 Å². The SMILES string of the molecule is C[C]1C(C)=C(C)C(C)=C1C.C[C]1C(C)=C(C)C(C)=C1C.[C-]#[O+].[C-]#[O+].[C-]#[O+].[C-]#[O+].[Fe].[Fe]. The Morgan fingerprint density at radius 1 is 0.300 bits per heavy atom. The average molecular weight is 494 g/mol. The van der Waals surface area contributed by atoms with Gasteiger partial charge < -0.3 is 0 Å². The predicted octanol–water partition coefficient (Wildman–Crippen LogP) is 6.38. The Kier molecular flexibility index (Phi) is 34.7. The topological polar surface area (TPSA) is 79.6 Å². The fourth-order valence-corrected chi connectivity index (χ4v) is 2.81. The van der Waals surface area contributed by atoms with Gasteiger partial charge in [0.1, 0.15) is 0 Å². The first-order valence-corrected chi connectivity index (χ1v) is 8.32. The van der Waals surface area contributed by atoms with Crippen molar-refractivity contribution >= 4 is 0 Å². The van der Waals surface area contributed by atoms with E-state index in [1.165, 1.54) is 56.4 Å². The molecule has 0 aromatic rings. The van der Waals surface area contributed by atoms with Crippen LogP contribution < -0.4 is 0 Å². The van der Waals surface area contributed by atoms with E-state index in [4.69, 9.17) is 18.6 Å². The molecule has 0 aliphatic heterocycles. The van der Waals surface area contributed by atoms with Gasteiger partial charge in [-0.1, -0.05) is 36.1 Å². The van der Waals surface area contributed by atoms with Crippen LogP contribution in [-0.2, 0) is 52.7 Å². The molecule has 0 bridgehead atoms. The van der Waals surface area contributed by atoms with Crippen molar-refractivity contribution in [3.8, 4) is 0 Å². The summed E-state index contributed by atoms with van der Waals surface area (Å²) in [4.78, 5) is 0. The van der Waals surface area contributed by atoms with Crippen molar-refractivity contribution in [1.82, 2.24) is 0 Å². The summed E-state index contributed by atoms with van der Waals surface area (Å²) in [7, 11) is 0. The van der Waals surface area contributed by atoms with Gasteiger partial charge >= 0.3 is 45.2 Å². The van der Waals surface area contributed by atoms with Crippen molar-refractivity contribution in [3.05, 3.63) is 83.0 Å². The van der Waals surface area contributed by atoms with Crippen LogP contribution in [0.3, 0.4) is 0 Å². The molecule has 2 radical (unpaired) electrons. The Labute approximate surface area is 204 Å². The van der Waals surface area contributed by atoms with Gasteiger partial charge in [-0.15, -0.1) is 0 Å². The van der Waals surface area contributed by atoms with Crippen LogP contribution in [0.25, 0.3) is 0 Å². The fraction of sp³-hybridized carbons (Fsp3) is 0.417. The smallest absolute Gasteiger partial charge is 0 e. The van der Waals surface area contributed by atoms with Gasteiger partial charge in [-0.05, 0) is 77.7 Å². The molecule has 2 aliphatic rings. The molecule has 0 atom stereocenters. The molecule has 2 aliphatic carbocycles. The molecule has 0 saturated heterocycles. The minimum Gasteiger partial charge on any atom is 0 e. The molecule has 0 amide bonds. The first-order valence-electron chi connectivity index (χ1n) is 8.32. The molecule has 0 unspecified atom stereocenters. The molecule has 2 rings (SSSR count). The van der Waals surface area contributed by atoms with E-state index in [9.17, 15) is 0 Å². The zero-order valence-corrected chi connectivity index (χ0v) is 21.5. The second-order valence-electron chi connectivity index (χ2n) is 6.25. The van der Waals surface area contributed by atoms with E-state index >= 15 is 0 Å². The molecule has 0 heterocycles. The van der Waals surface area contributed by atoms with E-state index in [0.717, 1.165) is 0 Å². The minimum atomic E-state index is 0. The van der Waals surface area contributed by atoms with Crippen LogP contribution in [0.2, 0.25) is 0 Å². The third kappa shape index (κ3) is 12.0. The van der Waals surface area contributed by atoms with E-state index in [1.807, 2.05) is 0 Å². The molecule has 0 spiro atoms. The zero-order valence-electron chi connectivity index (χ0n) is 19.3. The molecule has 166 valence electrons. The molecule has 0 N–H and O–H groups in total. The van der Waals surface area contributed by atoms with Crippen molar-refractivity contribution in [3.63, 3.8) is 0 Å². The van der Waals surface area contributed by atoms with E-state index in [0.29, 0.717) is 0 Å². The molecular formula is C24H30Fe2O4. The summed E-state index contributed by atoms with van der Waals surface area (Å²) in [5.41, 5.74) is 11.7. The van der Waals surface area contributed by atoms with Crippen molar-refractivity contribution in [1.29, 1.82) is 0 Å². The standard InChI is InChI=1S/2C10H15.4CO.2Fe/c2*1-6-7(2)9(4)10(5)8(6)3;4*1-2;;/h2*1-5H3;;;;;;. The second-order valence-corrected chi connectivity index (χ2v) is 6.25. The summed E-state index contributed by atoms with van der Waals surface area (Å²) >= 11 is 0. The Hall–Kier alpha value is -1.04. The van der Waals surface area contributed by atoms with E-state index in [2.05, 4.69) is 95.8 Å². The van der Waals surface area contributed by atoms with Crippen LogP contribution in [0.5, 0.6) is 0 Å². The molecular weight excluding hydrogens is 464 g/mol. The summed E-state index contributed by atoms with van der Waals surface area (Å²) in [6, 6.07) is 0. The number of hydrogen-bond donors (Lipinski definition) is 0. The normalized spacial score (nSPS) is 14.5. The predicted molar refractivity (Wildman–Crippen MR) is 107 cm³/mol. The van der Waals surface area contributed by atoms with Gasteiger partial charge in [0.2, 0.25) is 0 Å². The largest absolute Gasteiger partial charge is 0 e. The second kappa shape index (κ2) is 24.2. The third-order valence-electron chi connectivity index (χ3n) is 5.62. The molecule has 0 fully saturated rings. The van der Waals surface area contributed by atoms with Crippen LogP contribution in [0.1, 0.15) is 69.2 Å². The first-order chi connectivity index (χ1) is 13.1. The van der Waals surface area contributed by atoms with Gasteiger partial charge in [0, 0.05) is 46.0 Å².